The van der Waals surface area contributed by atoms with Gasteiger partial charge in [0.1, 0.15) is 11.5 Å². The van der Waals surface area contributed by atoms with Crippen LogP contribution in [0.15, 0.2) is 42.6 Å². The molecule has 0 aliphatic heterocycles. The molecule has 1 aromatic heterocycles. The molecule has 2 rings (SSSR count). The average molecular weight is 259 g/mol. The largest absolute Gasteiger partial charge is 0.399 e. The molecule has 0 saturated heterocycles. The lowest BCUT2D eigenvalue weighted by molar-refractivity contribution is 0.0949. The molecular weight excluding hydrogens is 245 g/mol. The molecule has 0 aliphatic rings. The van der Waals surface area contributed by atoms with Gasteiger partial charge < -0.3 is 11.1 Å². The minimum absolute atomic E-state index is 0.267. The topological polar surface area (TPSA) is 68.0 Å². The lowest BCUT2D eigenvalue weighted by atomic mass is 10.1. The molecule has 0 radical (unpaired) electrons. The van der Waals surface area contributed by atoms with Gasteiger partial charge in [-0.3, -0.25) is 9.78 Å². The molecule has 1 aromatic carbocycles. The second-order valence-corrected chi connectivity index (χ2v) is 4.11. The van der Waals surface area contributed by atoms with Crippen LogP contribution < -0.4 is 11.1 Å². The number of carbonyl (C=O) groups is 1. The van der Waals surface area contributed by atoms with Gasteiger partial charge in [-0.2, -0.15) is 0 Å². The Morgan fingerprint density at radius 2 is 2.00 bits per heavy atom. The molecule has 1 amide bonds. The van der Waals surface area contributed by atoms with E-state index in [1.54, 1.807) is 18.2 Å². The zero-order chi connectivity index (χ0) is 13.7. The summed E-state index contributed by atoms with van der Waals surface area (Å²) in [5.74, 6) is -0.536. The third kappa shape index (κ3) is 3.77. The van der Waals surface area contributed by atoms with Gasteiger partial charge in [-0.05, 0) is 36.2 Å². The lowest BCUT2D eigenvalue weighted by Crippen LogP contribution is -2.26. The summed E-state index contributed by atoms with van der Waals surface area (Å²) in [5.41, 5.74) is 7.32. The molecule has 0 unspecified atom stereocenters. The zero-order valence-electron chi connectivity index (χ0n) is 10.3. The Morgan fingerprint density at radius 1 is 1.26 bits per heavy atom. The number of amides is 1. The molecule has 0 spiro atoms. The van der Waals surface area contributed by atoms with E-state index in [9.17, 15) is 9.18 Å². The van der Waals surface area contributed by atoms with Gasteiger partial charge >= 0.3 is 0 Å². The van der Waals surface area contributed by atoms with Gasteiger partial charge in [0, 0.05) is 18.4 Å². The molecule has 0 fully saturated rings. The minimum Gasteiger partial charge on any atom is -0.399 e. The van der Waals surface area contributed by atoms with Gasteiger partial charge in [-0.1, -0.05) is 12.1 Å². The molecular formula is C14H14FN3O. The fourth-order valence-corrected chi connectivity index (χ4v) is 1.63. The van der Waals surface area contributed by atoms with Crippen molar-refractivity contribution in [3.05, 3.63) is 59.7 Å². The maximum atomic E-state index is 12.7. The van der Waals surface area contributed by atoms with Crippen molar-refractivity contribution in [1.29, 1.82) is 0 Å². The van der Waals surface area contributed by atoms with Crippen LogP contribution in [-0.4, -0.2) is 17.4 Å². The third-order valence-corrected chi connectivity index (χ3v) is 2.63. The summed E-state index contributed by atoms with van der Waals surface area (Å²) in [6.07, 6.45) is 2.12. The number of benzene rings is 1. The first-order valence-electron chi connectivity index (χ1n) is 5.89. The Labute approximate surface area is 110 Å². The van der Waals surface area contributed by atoms with E-state index in [2.05, 4.69) is 10.3 Å². The summed E-state index contributed by atoms with van der Waals surface area (Å²) in [5, 5.41) is 2.74. The van der Waals surface area contributed by atoms with Gasteiger partial charge in [-0.15, -0.1) is 0 Å². The average Bonchev–Trinajstić information content (AvgIpc) is 2.41. The van der Waals surface area contributed by atoms with Crippen LogP contribution in [0.25, 0.3) is 0 Å². The third-order valence-electron chi connectivity index (χ3n) is 2.63. The first-order valence-corrected chi connectivity index (χ1v) is 5.89. The summed E-state index contributed by atoms with van der Waals surface area (Å²) < 4.78 is 12.7. The molecule has 5 heteroatoms. The second kappa shape index (κ2) is 5.95. The van der Waals surface area contributed by atoms with Crippen LogP contribution in [0.2, 0.25) is 0 Å². The van der Waals surface area contributed by atoms with Gasteiger partial charge in [0.15, 0.2) is 0 Å². The molecule has 0 aliphatic carbocycles. The number of hydrogen-bond donors (Lipinski definition) is 2. The van der Waals surface area contributed by atoms with Crippen LogP contribution in [0.4, 0.5) is 10.1 Å². The monoisotopic (exact) mass is 259 g/mol. The van der Waals surface area contributed by atoms with E-state index in [-0.39, 0.29) is 11.7 Å². The van der Waals surface area contributed by atoms with Crippen molar-refractivity contribution in [3.8, 4) is 0 Å². The molecule has 3 N–H and O–H groups in total. The number of rotatable bonds is 4. The molecule has 19 heavy (non-hydrogen) atoms. The van der Waals surface area contributed by atoms with E-state index in [1.807, 2.05) is 0 Å². The summed E-state index contributed by atoms with van der Waals surface area (Å²) in [6.45, 7) is 0.459. The minimum atomic E-state index is -0.269. The highest BCUT2D eigenvalue weighted by Crippen LogP contribution is 2.04. The normalized spacial score (nSPS) is 10.2. The SMILES string of the molecule is Nc1ccnc(C(=O)NCCc2ccc(F)cc2)c1. The highest BCUT2D eigenvalue weighted by molar-refractivity contribution is 5.92. The molecule has 2 aromatic rings. The Morgan fingerprint density at radius 3 is 2.68 bits per heavy atom. The van der Waals surface area contributed by atoms with Crippen LogP contribution in [-0.2, 0) is 6.42 Å². The Balaban J connectivity index is 1.86. The van der Waals surface area contributed by atoms with E-state index in [0.29, 0.717) is 24.3 Å². The highest BCUT2D eigenvalue weighted by atomic mass is 19.1. The highest BCUT2D eigenvalue weighted by Gasteiger charge is 2.06. The second-order valence-electron chi connectivity index (χ2n) is 4.11. The summed E-state index contributed by atoms with van der Waals surface area (Å²) >= 11 is 0. The Hall–Kier alpha value is -2.43. The van der Waals surface area contributed by atoms with Gasteiger partial charge in [0.2, 0.25) is 0 Å². The fraction of sp³-hybridized carbons (Fsp3) is 0.143. The predicted octanol–water partition coefficient (Wildman–Crippen LogP) is 1.78. The van der Waals surface area contributed by atoms with Gasteiger partial charge in [0.25, 0.3) is 5.91 Å². The number of nitrogens with two attached hydrogens (primary N) is 1. The van der Waals surface area contributed by atoms with Crippen LogP contribution in [0.1, 0.15) is 16.1 Å². The van der Waals surface area contributed by atoms with Crippen LogP contribution >= 0.6 is 0 Å². The number of halogens is 1. The molecule has 98 valence electrons. The Bertz CT molecular complexity index is 569. The smallest absolute Gasteiger partial charge is 0.269 e. The van der Waals surface area contributed by atoms with E-state index < -0.39 is 0 Å². The first kappa shape index (κ1) is 13.0. The van der Waals surface area contributed by atoms with Gasteiger partial charge in [-0.25, -0.2) is 4.39 Å². The maximum Gasteiger partial charge on any atom is 0.269 e. The fourth-order valence-electron chi connectivity index (χ4n) is 1.63. The number of pyridine rings is 1. The summed E-state index contributed by atoms with van der Waals surface area (Å²) in [6, 6.07) is 9.33. The molecule has 0 bridgehead atoms. The van der Waals surface area contributed by atoms with Crippen molar-refractivity contribution in [3.63, 3.8) is 0 Å². The quantitative estimate of drug-likeness (QED) is 0.879. The Kier molecular flexibility index (Phi) is 4.07. The van der Waals surface area contributed by atoms with E-state index in [1.165, 1.54) is 24.4 Å². The summed E-state index contributed by atoms with van der Waals surface area (Å²) in [4.78, 5) is 15.7. The lowest BCUT2D eigenvalue weighted by Gasteiger charge is -2.05. The number of aromatic nitrogens is 1. The van der Waals surface area contributed by atoms with Crippen LogP contribution in [0.3, 0.4) is 0 Å². The summed E-state index contributed by atoms with van der Waals surface area (Å²) in [7, 11) is 0. The van der Waals surface area contributed by atoms with Gasteiger partial charge in [0.05, 0.1) is 0 Å². The van der Waals surface area contributed by atoms with E-state index in [4.69, 9.17) is 5.73 Å². The van der Waals surface area contributed by atoms with E-state index in [0.717, 1.165) is 5.56 Å². The van der Waals surface area contributed by atoms with E-state index >= 15 is 0 Å². The molecule has 0 saturated carbocycles. The zero-order valence-corrected chi connectivity index (χ0v) is 10.3. The number of carbonyl (C=O) groups excluding carboxylic acids is 1. The molecule has 1 heterocycles. The number of hydrogen-bond acceptors (Lipinski definition) is 3. The number of nitrogens with one attached hydrogen (secondary N) is 1. The van der Waals surface area contributed by atoms with Crippen LogP contribution in [0.5, 0.6) is 0 Å². The first-order chi connectivity index (χ1) is 9.15. The number of anilines is 1. The maximum absolute atomic E-state index is 12.7. The van der Waals surface area contributed by atoms with Crippen molar-refractivity contribution >= 4 is 11.6 Å². The number of nitrogen functional groups attached to an aromatic ring is 1. The van der Waals surface area contributed by atoms with Crippen LogP contribution in [0, 0.1) is 5.82 Å². The standard InChI is InChI=1S/C14H14FN3O/c15-11-3-1-10(2-4-11)5-7-18-14(19)13-9-12(16)6-8-17-13/h1-4,6,8-9H,5,7H2,(H2,16,17)(H,18,19). The predicted molar refractivity (Wildman–Crippen MR) is 71.1 cm³/mol. The van der Waals surface area contributed by atoms with Crippen molar-refractivity contribution < 1.29 is 9.18 Å². The molecule has 0 atom stereocenters. The van der Waals surface area contributed by atoms with Crippen molar-refractivity contribution in [2.24, 2.45) is 0 Å². The van der Waals surface area contributed by atoms with Crippen molar-refractivity contribution in [2.45, 2.75) is 6.42 Å². The number of nitrogens with zero attached hydrogens (tertiary/aromatic N) is 1. The molecule has 4 nitrogen and oxygen atoms in total. The van der Waals surface area contributed by atoms with Crippen molar-refractivity contribution in [2.75, 3.05) is 12.3 Å². The van der Waals surface area contributed by atoms with Crippen molar-refractivity contribution in [1.82, 2.24) is 10.3 Å².